The summed E-state index contributed by atoms with van der Waals surface area (Å²) in [5.41, 5.74) is 3.61. The molecule has 3 aromatic carbocycles. The highest BCUT2D eigenvalue weighted by molar-refractivity contribution is 7.97. The van der Waals surface area contributed by atoms with E-state index >= 15 is 0 Å². The lowest BCUT2D eigenvalue weighted by molar-refractivity contribution is 0.218. The molecule has 6 rings (SSSR count). The minimum atomic E-state index is 0.0878. The van der Waals surface area contributed by atoms with Gasteiger partial charge in [-0.2, -0.15) is 0 Å². The molecule has 0 aliphatic carbocycles. The summed E-state index contributed by atoms with van der Waals surface area (Å²) >= 11 is 1.92. The zero-order valence-corrected chi connectivity index (χ0v) is 21.9. The van der Waals surface area contributed by atoms with E-state index in [2.05, 4.69) is 88.6 Å². The molecular weight excluding hydrogens is 462 g/mol. The van der Waals surface area contributed by atoms with Gasteiger partial charge < -0.3 is 4.90 Å². The fourth-order valence-corrected chi connectivity index (χ4v) is 6.72. The molecule has 0 amide bonds. The largest absolute Gasteiger partial charge is 0.353 e. The predicted molar refractivity (Wildman–Crippen MR) is 150 cm³/mol. The molecule has 1 fully saturated rings. The molecule has 0 atom stereocenters. The van der Waals surface area contributed by atoms with Crippen molar-refractivity contribution in [2.24, 2.45) is 0 Å². The van der Waals surface area contributed by atoms with E-state index < -0.39 is 0 Å². The van der Waals surface area contributed by atoms with Gasteiger partial charge in [0.15, 0.2) is 5.82 Å². The molecule has 0 bridgehead atoms. The fourth-order valence-electron chi connectivity index (χ4n) is 5.38. The predicted octanol–water partition coefficient (Wildman–Crippen LogP) is 6.07. The van der Waals surface area contributed by atoms with Gasteiger partial charge in [-0.1, -0.05) is 60.7 Å². The monoisotopic (exact) mass is 495 g/mol. The first-order valence-electron chi connectivity index (χ1n) is 12.9. The Hall–Kier alpha value is -2.93. The smallest absolute Gasteiger partial charge is 0.162 e. The van der Waals surface area contributed by atoms with Crippen LogP contribution in [-0.2, 0) is 5.54 Å². The van der Waals surface area contributed by atoms with Gasteiger partial charge in [-0.05, 0) is 62.5 Å². The highest BCUT2D eigenvalue weighted by atomic mass is 32.2. The number of hydrogen-bond acceptors (Lipinski definition) is 6. The Balaban J connectivity index is 1.10. The molecule has 0 unspecified atom stereocenters. The Morgan fingerprint density at radius 2 is 1.50 bits per heavy atom. The van der Waals surface area contributed by atoms with E-state index in [4.69, 9.17) is 9.97 Å². The van der Waals surface area contributed by atoms with Crippen LogP contribution in [0.2, 0.25) is 0 Å². The molecule has 0 radical (unpaired) electrons. The lowest BCUT2D eigenvalue weighted by Crippen LogP contribution is -2.47. The van der Waals surface area contributed by atoms with Gasteiger partial charge in [0.25, 0.3) is 0 Å². The first kappa shape index (κ1) is 23.5. The van der Waals surface area contributed by atoms with Gasteiger partial charge >= 0.3 is 0 Å². The van der Waals surface area contributed by atoms with Crippen molar-refractivity contribution in [1.82, 2.24) is 19.2 Å². The summed E-state index contributed by atoms with van der Waals surface area (Å²) in [5, 5.41) is 1.14. The van der Waals surface area contributed by atoms with Crippen molar-refractivity contribution in [3.05, 3.63) is 84.4 Å². The summed E-state index contributed by atoms with van der Waals surface area (Å²) in [6.45, 7) is 11.0. The van der Waals surface area contributed by atoms with Gasteiger partial charge in [-0.25, -0.2) is 14.3 Å². The lowest BCUT2D eigenvalue weighted by Gasteiger charge is -2.36. The molecule has 6 heteroatoms. The van der Waals surface area contributed by atoms with Crippen molar-refractivity contribution >= 4 is 28.7 Å². The summed E-state index contributed by atoms with van der Waals surface area (Å²) in [4.78, 5) is 16.4. The minimum absolute atomic E-state index is 0.0878. The minimum Gasteiger partial charge on any atom is -0.353 e. The molecule has 36 heavy (non-hydrogen) atoms. The molecule has 0 saturated carbocycles. The average Bonchev–Trinajstić information content (AvgIpc) is 3.18. The van der Waals surface area contributed by atoms with E-state index in [0.29, 0.717) is 0 Å². The molecule has 1 saturated heterocycles. The number of para-hydroxylation sites is 1. The van der Waals surface area contributed by atoms with Gasteiger partial charge in [-0.15, -0.1) is 0 Å². The molecule has 2 aliphatic rings. The van der Waals surface area contributed by atoms with E-state index in [1.165, 1.54) is 16.9 Å². The van der Waals surface area contributed by atoms with Gasteiger partial charge in [-0.3, -0.25) is 4.90 Å². The summed E-state index contributed by atoms with van der Waals surface area (Å²) in [6.07, 6.45) is 1.18. The zero-order chi connectivity index (χ0) is 24.5. The van der Waals surface area contributed by atoms with E-state index in [1.807, 2.05) is 30.1 Å². The Kier molecular flexibility index (Phi) is 6.42. The molecular formula is C30H33N5S. The van der Waals surface area contributed by atoms with Crippen LogP contribution >= 0.6 is 11.9 Å². The third-order valence-electron chi connectivity index (χ3n) is 7.50. The average molecular weight is 496 g/mol. The van der Waals surface area contributed by atoms with Crippen LogP contribution in [0.15, 0.2) is 83.8 Å². The summed E-state index contributed by atoms with van der Waals surface area (Å²) in [6, 6.07) is 27.5. The van der Waals surface area contributed by atoms with Crippen LogP contribution in [-0.4, -0.2) is 58.4 Å². The van der Waals surface area contributed by atoms with Crippen LogP contribution < -0.4 is 4.90 Å². The van der Waals surface area contributed by atoms with E-state index in [0.717, 1.165) is 67.4 Å². The maximum atomic E-state index is 5.06. The molecule has 1 aromatic heterocycles. The van der Waals surface area contributed by atoms with Gasteiger partial charge in [0.05, 0.1) is 11.1 Å². The first-order valence-corrected chi connectivity index (χ1v) is 13.7. The maximum Gasteiger partial charge on any atom is 0.162 e. The highest BCUT2D eigenvalue weighted by Crippen LogP contribution is 2.47. The molecule has 3 heterocycles. The van der Waals surface area contributed by atoms with Crippen molar-refractivity contribution in [2.75, 3.05) is 44.2 Å². The second-order valence-electron chi connectivity index (χ2n) is 10.2. The fraction of sp³-hybridized carbons (Fsp3) is 0.333. The molecule has 5 nitrogen and oxygen atoms in total. The van der Waals surface area contributed by atoms with Crippen molar-refractivity contribution < 1.29 is 0 Å². The van der Waals surface area contributed by atoms with Crippen molar-refractivity contribution in [3.8, 4) is 11.4 Å². The zero-order valence-electron chi connectivity index (χ0n) is 21.1. The molecule has 2 aliphatic heterocycles. The van der Waals surface area contributed by atoms with Crippen LogP contribution in [0.25, 0.3) is 22.3 Å². The highest BCUT2D eigenvalue weighted by Gasteiger charge is 2.37. The Morgan fingerprint density at radius 1 is 0.778 bits per heavy atom. The maximum absolute atomic E-state index is 5.06. The summed E-state index contributed by atoms with van der Waals surface area (Å²) in [7, 11) is 0. The van der Waals surface area contributed by atoms with Gasteiger partial charge in [0, 0.05) is 48.6 Å². The van der Waals surface area contributed by atoms with Crippen LogP contribution in [0.5, 0.6) is 0 Å². The quantitative estimate of drug-likeness (QED) is 0.302. The normalized spacial score (nSPS) is 18.0. The number of piperazine rings is 1. The number of rotatable bonds is 6. The van der Waals surface area contributed by atoms with Gasteiger partial charge in [0.1, 0.15) is 5.82 Å². The lowest BCUT2D eigenvalue weighted by atomic mass is 9.94. The molecule has 4 aromatic rings. The number of aromatic nitrogens is 2. The first-order chi connectivity index (χ1) is 17.6. The Bertz CT molecular complexity index is 1350. The number of hydrogen-bond donors (Lipinski definition) is 0. The van der Waals surface area contributed by atoms with Crippen LogP contribution in [0.3, 0.4) is 0 Å². The SMILES string of the molecule is CC1(C)c2ccccc2SN1CCCN1CCN(c2nc(-c3ccccc3)nc3ccccc23)CC1. The van der Waals surface area contributed by atoms with Crippen LogP contribution in [0, 0.1) is 0 Å². The van der Waals surface area contributed by atoms with Crippen molar-refractivity contribution in [1.29, 1.82) is 0 Å². The number of nitrogens with zero attached hydrogens (tertiary/aromatic N) is 5. The van der Waals surface area contributed by atoms with Crippen LogP contribution in [0.4, 0.5) is 5.82 Å². The summed E-state index contributed by atoms with van der Waals surface area (Å²) < 4.78 is 2.56. The Labute approximate surface area is 218 Å². The third kappa shape index (κ3) is 4.49. The van der Waals surface area contributed by atoms with Gasteiger partial charge in [0.2, 0.25) is 0 Å². The van der Waals surface area contributed by atoms with Crippen LogP contribution in [0.1, 0.15) is 25.8 Å². The number of benzene rings is 3. The molecule has 0 N–H and O–H groups in total. The third-order valence-corrected chi connectivity index (χ3v) is 8.91. The Morgan fingerprint density at radius 3 is 2.31 bits per heavy atom. The number of anilines is 1. The van der Waals surface area contributed by atoms with Crippen molar-refractivity contribution in [3.63, 3.8) is 0 Å². The topological polar surface area (TPSA) is 35.5 Å². The number of fused-ring (bicyclic) bond motifs is 2. The van der Waals surface area contributed by atoms with Crippen molar-refractivity contribution in [2.45, 2.75) is 30.7 Å². The summed E-state index contributed by atoms with van der Waals surface area (Å²) in [5.74, 6) is 1.87. The molecule has 0 spiro atoms. The molecule has 184 valence electrons. The van der Waals surface area contributed by atoms with E-state index in [1.54, 1.807) is 0 Å². The standard InChI is InChI=1S/C30H33N5S/c1-30(2)25-14-7-9-16-27(25)36-35(30)18-10-17-33-19-21-34(22-20-33)29-24-13-6-8-15-26(24)31-28(32-29)23-11-4-3-5-12-23/h3-9,11-16H,10,17-22H2,1-2H3. The second kappa shape index (κ2) is 9.85. The van der Waals surface area contributed by atoms with E-state index in [-0.39, 0.29) is 5.54 Å². The second-order valence-corrected chi connectivity index (χ2v) is 11.2. The van der Waals surface area contributed by atoms with E-state index in [9.17, 15) is 0 Å².